The van der Waals surface area contributed by atoms with Crippen LogP contribution in [0.1, 0.15) is 29.5 Å². The predicted molar refractivity (Wildman–Crippen MR) is 121 cm³/mol. The van der Waals surface area contributed by atoms with E-state index in [4.69, 9.17) is 14.8 Å². The van der Waals surface area contributed by atoms with Gasteiger partial charge in [0.2, 0.25) is 0 Å². The van der Waals surface area contributed by atoms with Crippen molar-refractivity contribution in [2.24, 2.45) is 10.9 Å². The number of aliphatic imine (C=N–C) groups is 1. The molecule has 0 spiro atoms. The summed E-state index contributed by atoms with van der Waals surface area (Å²) in [5.41, 5.74) is 1.62. The molecular formula is C24H21F3N2O3S. The van der Waals surface area contributed by atoms with Crippen molar-refractivity contribution < 1.29 is 27.8 Å². The molecule has 2 heterocycles. The Hall–Kier alpha value is -2.94. The van der Waals surface area contributed by atoms with Gasteiger partial charge in [-0.05, 0) is 42.7 Å². The van der Waals surface area contributed by atoms with Crippen LogP contribution >= 0.6 is 11.8 Å². The number of alkyl halides is 3. The summed E-state index contributed by atoms with van der Waals surface area (Å²) in [7, 11) is 0. The van der Waals surface area contributed by atoms with E-state index in [9.17, 15) is 18.0 Å². The number of carboxylic acid groups (broad SMARTS) is 1. The summed E-state index contributed by atoms with van der Waals surface area (Å²) in [6.45, 7) is 0.500. The normalized spacial score (nSPS) is 22.4. The van der Waals surface area contributed by atoms with E-state index in [0.29, 0.717) is 17.6 Å². The van der Waals surface area contributed by atoms with E-state index < -0.39 is 17.7 Å². The third-order valence-corrected chi connectivity index (χ3v) is 7.60. The molecule has 9 heteroatoms. The van der Waals surface area contributed by atoms with Gasteiger partial charge in [0, 0.05) is 39.9 Å². The largest absolute Gasteiger partial charge is 0.493 e. The maximum atomic E-state index is 12.8. The molecule has 0 amide bonds. The van der Waals surface area contributed by atoms with Crippen molar-refractivity contribution in [3.05, 3.63) is 65.4 Å². The zero-order valence-corrected chi connectivity index (χ0v) is 18.2. The van der Waals surface area contributed by atoms with Crippen LogP contribution in [0.15, 0.2) is 53.7 Å². The van der Waals surface area contributed by atoms with Crippen molar-refractivity contribution in [3.63, 3.8) is 0 Å². The van der Waals surface area contributed by atoms with Crippen LogP contribution in [0.25, 0.3) is 10.9 Å². The van der Waals surface area contributed by atoms with Gasteiger partial charge in [-0.15, -0.1) is 11.8 Å². The van der Waals surface area contributed by atoms with Crippen LogP contribution in [0.5, 0.6) is 5.75 Å². The molecule has 5 nitrogen and oxygen atoms in total. The number of carbonyl (C=O) groups is 1. The number of nitrogens with zero attached hydrogens (tertiary/aromatic N) is 1. The summed E-state index contributed by atoms with van der Waals surface area (Å²) < 4.78 is 44.5. The maximum Gasteiger partial charge on any atom is 0.416 e. The lowest BCUT2D eigenvalue weighted by molar-refractivity contribution is -0.138. The Morgan fingerprint density at radius 3 is 2.70 bits per heavy atom. The van der Waals surface area contributed by atoms with Crippen LogP contribution in [0.2, 0.25) is 0 Å². The van der Waals surface area contributed by atoms with Crippen molar-refractivity contribution in [3.8, 4) is 5.75 Å². The van der Waals surface area contributed by atoms with Gasteiger partial charge >= 0.3 is 12.1 Å². The molecule has 0 saturated heterocycles. The molecule has 33 heavy (non-hydrogen) atoms. The zero-order chi connectivity index (χ0) is 23.2. The molecule has 3 atom stereocenters. The molecule has 2 unspecified atom stereocenters. The Morgan fingerprint density at radius 2 is 1.97 bits per heavy atom. The average Bonchev–Trinajstić information content (AvgIpc) is 3.46. The number of aromatic amines is 1. The first kappa shape index (κ1) is 21.9. The van der Waals surface area contributed by atoms with Crippen LogP contribution in [0, 0.1) is 5.92 Å². The zero-order valence-electron chi connectivity index (χ0n) is 17.4. The third kappa shape index (κ3) is 4.46. The van der Waals surface area contributed by atoms with Gasteiger partial charge in [-0.2, -0.15) is 13.2 Å². The van der Waals surface area contributed by atoms with Gasteiger partial charge in [-0.1, -0.05) is 12.1 Å². The summed E-state index contributed by atoms with van der Waals surface area (Å²) in [5, 5.41) is 11.0. The van der Waals surface area contributed by atoms with Gasteiger partial charge in [0.1, 0.15) is 5.75 Å². The number of nitrogens with one attached hydrogen (secondary N) is 1. The number of hydrogen-bond acceptors (Lipinski definition) is 4. The van der Waals surface area contributed by atoms with Gasteiger partial charge < -0.3 is 14.8 Å². The fourth-order valence-electron chi connectivity index (χ4n) is 4.54. The fourth-order valence-corrected chi connectivity index (χ4v) is 5.96. The summed E-state index contributed by atoms with van der Waals surface area (Å²) in [6, 6.07) is 10.8. The molecule has 1 saturated carbocycles. The fraction of sp³-hybridized carbons (Fsp3) is 0.333. The molecule has 2 aliphatic rings. The first-order valence-electron chi connectivity index (χ1n) is 10.6. The van der Waals surface area contributed by atoms with Crippen LogP contribution in [0.3, 0.4) is 0 Å². The number of ether oxygens (including phenoxy) is 1. The minimum absolute atomic E-state index is 0.0394. The van der Waals surface area contributed by atoms with Gasteiger partial charge in [-0.3, -0.25) is 9.79 Å². The quantitative estimate of drug-likeness (QED) is 0.492. The Balaban J connectivity index is 1.25. The number of benzene rings is 2. The molecule has 2 N–H and O–H groups in total. The number of thioether (sulfide) groups is 1. The number of hydrogen-bond donors (Lipinski definition) is 2. The van der Waals surface area contributed by atoms with Crippen LogP contribution < -0.4 is 4.74 Å². The molecule has 1 fully saturated rings. The molecular weight excluding hydrogens is 453 g/mol. The van der Waals surface area contributed by atoms with E-state index in [0.717, 1.165) is 52.0 Å². The summed E-state index contributed by atoms with van der Waals surface area (Å²) in [6.07, 6.45) is -0.701. The number of carboxylic acids is 1. The SMILES string of the molecule is O=C(O)Cc1c[nH]c2cc(OC[C@@H]3CCC4SC(c5ccc(C(F)(F)F)cc5)=NC43)ccc12. The number of halogens is 3. The number of aliphatic carboxylic acids is 1. The second-order valence-electron chi connectivity index (χ2n) is 8.40. The van der Waals surface area contributed by atoms with E-state index in [1.165, 1.54) is 12.1 Å². The van der Waals surface area contributed by atoms with E-state index in [2.05, 4.69) is 4.98 Å². The topological polar surface area (TPSA) is 74.7 Å². The van der Waals surface area contributed by atoms with Crippen LogP contribution in [-0.4, -0.2) is 39.0 Å². The lowest BCUT2D eigenvalue weighted by atomic mass is 10.1. The van der Waals surface area contributed by atoms with E-state index in [1.807, 2.05) is 18.2 Å². The van der Waals surface area contributed by atoms with Crippen LogP contribution in [0.4, 0.5) is 13.2 Å². The minimum Gasteiger partial charge on any atom is -0.493 e. The molecule has 1 aliphatic carbocycles. The summed E-state index contributed by atoms with van der Waals surface area (Å²) in [4.78, 5) is 18.9. The van der Waals surface area contributed by atoms with Crippen molar-refractivity contribution in [2.75, 3.05) is 6.61 Å². The lowest BCUT2D eigenvalue weighted by Crippen LogP contribution is -2.23. The third-order valence-electron chi connectivity index (χ3n) is 6.22. The summed E-state index contributed by atoms with van der Waals surface area (Å²) >= 11 is 1.64. The van der Waals surface area contributed by atoms with Gasteiger partial charge in [-0.25, -0.2) is 0 Å². The second kappa shape index (κ2) is 8.44. The predicted octanol–water partition coefficient (Wildman–Crippen LogP) is 5.53. The molecule has 0 bridgehead atoms. The molecule has 2 aromatic carbocycles. The van der Waals surface area contributed by atoms with E-state index >= 15 is 0 Å². The van der Waals surface area contributed by atoms with Gasteiger partial charge in [0.25, 0.3) is 0 Å². The van der Waals surface area contributed by atoms with E-state index in [1.54, 1.807) is 18.0 Å². The van der Waals surface area contributed by atoms with Crippen molar-refractivity contribution in [1.82, 2.24) is 4.98 Å². The second-order valence-corrected chi connectivity index (χ2v) is 9.62. The highest BCUT2D eigenvalue weighted by Gasteiger charge is 2.42. The Labute approximate surface area is 192 Å². The molecule has 172 valence electrons. The smallest absolute Gasteiger partial charge is 0.416 e. The van der Waals surface area contributed by atoms with E-state index in [-0.39, 0.29) is 18.4 Å². The lowest BCUT2D eigenvalue weighted by Gasteiger charge is -2.16. The van der Waals surface area contributed by atoms with Crippen molar-refractivity contribution in [2.45, 2.75) is 36.7 Å². The summed E-state index contributed by atoms with van der Waals surface area (Å²) in [5.74, 6) is 0.0568. The van der Waals surface area contributed by atoms with Crippen molar-refractivity contribution in [1.29, 1.82) is 0 Å². The average molecular weight is 475 g/mol. The van der Waals surface area contributed by atoms with Gasteiger partial charge in [0.15, 0.2) is 0 Å². The van der Waals surface area contributed by atoms with Crippen molar-refractivity contribution >= 4 is 33.7 Å². The maximum absolute atomic E-state index is 12.8. The Morgan fingerprint density at radius 1 is 1.18 bits per heavy atom. The molecule has 5 rings (SSSR count). The number of H-pyrrole nitrogens is 1. The molecule has 1 aliphatic heterocycles. The minimum atomic E-state index is -4.34. The molecule has 0 radical (unpaired) electrons. The first-order valence-corrected chi connectivity index (χ1v) is 11.5. The highest BCUT2D eigenvalue weighted by molar-refractivity contribution is 8.15. The number of aromatic nitrogens is 1. The standard InChI is InChI=1S/C24H21F3N2O3S/c25-24(26,27)16-4-1-13(2-5-16)23-29-22-14(3-8-20(22)33-23)12-32-17-6-7-18-15(9-21(30)31)11-28-19(18)10-17/h1-2,4-7,10-11,14,20,22,28H,3,8-9,12H2,(H,30,31)/t14-,20?,22?/m0/s1. The highest BCUT2D eigenvalue weighted by Crippen LogP contribution is 2.44. The first-order chi connectivity index (χ1) is 15.8. The number of fused-ring (bicyclic) bond motifs is 2. The molecule has 1 aromatic heterocycles. The monoisotopic (exact) mass is 474 g/mol. The Kier molecular flexibility index (Phi) is 5.60. The molecule has 3 aromatic rings. The van der Waals surface area contributed by atoms with Gasteiger partial charge in [0.05, 0.1) is 29.7 Å². The highest BCUT2D eigenvalue weighted by atomic mass is 32.2. The number of rotatable bonds is 6. The Bertz CT molecular complexity index is 1220. The van der Waals surface area contributed by atoms with Crippen LogP contribution in [-0.2, 0) is 17.4 Å².